The average Bonchev–Trinajstić information content (AvgIpc) is 2.54. The molecule has 1 aromatic rings. The summed E-state index contributed by atoms with van der Waals surface area (Å²) in [5.41, 5.74) is 0.653. The van der Waals surface area contributed by atoms with E-state index >= 15 is 0 Å². The topological polar surface area (TPSA) is 59.5 Å². The zero-order chi connectivity index (χ0) is 17.0. The molecule has 0 atom stereocenters. The SMILES string of the molecule is CCn1c(O)c(C(C)=NCC2CCCCC2)c(=O)n(CC)c1=S. The Morgan fingerprint density at radius 1 is 1.22 bits per heavy atom. The van der Waals surface area contributed by atoms with Gasteiger partial charge in [0.05, 0.1) is 0 Å². The molecule has 1 N–H and O–H groups in total. The Labute approximate surface area is 142 Å². The van der Waals surface area contributed by atoms with Gasteiger partial charge in [0.15, 0.2) is 4.77 Å². The lowest BCUT2D eigenvalue weighted by atomic mass is 9.89. The van der Waals surface area contributed by atoms with Crippen molar-refractivity contribution in [3.63, 3.8) is 0 Å². The standard InChI is InChI=1S/C17H27N3O2S/c1-4-19-15(21)14(16(22)20(5-2)17(19)23)12(3)18-11-13-9-7-6-8-10-13/h13,21H,4-11H2,1-3H3. The van der Waals surface area contributed by atoms with Crippen molar-refractivity contribution in [1.29, 1.82) is 0 Å². The summed E-state index contributed by atoms with van der Waals surface area (Å²) in [6.07, 6.45) is 6.28. The quantitative estimate of drug-likeness (QED) is 0.661. The van der Waals surface area contributed by atoms with Crippen molar-refractivity contribution in [3.05, 3.63) is 20.7 Å². The fourth-order valence-corrected chi connectivity index (χ4v) is 3.71. The Balaban J connectivity index is 2.41. The van der Waals surface area contributed by atoms with E-state index < -0.39 is 0 Å². The largest absolute Gasteiger partial charge is 0.494 e. The minimum Gasteiger partial charge on any atom is -0.494 e. The lowest BCUT2D eigenvalue weighted by molar-refractivity contribution is 0.367. The Morgan fingerprint density at radius 2 is 1.83 bits per heavy atom. The molecule has 0 aromatic carbocycles. The molecule has 23 heavy (non-hydrogen) atoms. The van der Waals surface area contributed by atoms with Crippen LogP contribution in [-0.2, 0) is 13.1 Å². The van der Waals surface area contributed by atoms with Crippen LogP contribution in [0.1, 0.15) is 58.4 Å². The molecule has 0 spiro atoms. The van der Waals surface area contributed by atoms with E-state index in [0.717, 1.165) is 6.54 Å². The fraction of sp³-hybridized carbons (Fsp3) is 0.706. The van der Waals surface area contributed by atoms with Crippen LogP contribution < -0.4 is 5.56 Å². The molecule has 0 amide bonds. The first-order chi connectivity index (χ1) is 11.0. The third-order valence-corrected chi connectivity index (χ3v) is 5.15. The van der Waals surface area contributed by atoms with E-state index in [2.05, 4.69) is 4.99 Å². The first kappa shape index (κ1) is 17.9. The van der Waals surface area contributed by atoms with Crippen molar-refractivity contribution < 1.29 is 5.11 Å². The summed E-state index contributed by atoms with van der Waals surface area (Å²) in [4.78, 5) is 17.3. The third-order valence-electron chi connectivity index (χ3n) is 4.71. The van der Waals surface area contributed by atoms with Crippen LogP contribution in [0.5, 0.6) is 5.88 Å². The van der Waals surface area contributed by atoms with Gasteiger partial charge in [-0.15, -0.1) is 0 Å². The number of aromatic nitrogens is 2. The molecule has 0 radical (unpaired) electrons. The second kappa shape index (κ2) is 7.90. The van der Waals surface area contributed by atoms with Gasteiger partial charge in [-0.2, -0.15) is 0 Å². The van der Waals surface area contributed by atoms with E-state index in [-0.39, 0.29) is 17.0 Å². The van der Waals surface area contributed by atoms with E-state index in [1.54, 1.807) is 4.57 Å². The van der Waals surface area contributed by atoms with Crippen molar-refractivity contribution >= 4 is 17.9 Å². The lowest BCUT2D eigenvalue weighted by Crippen LogP contribution is -2.30. The van der Waals surface area contributed by atoms with Crippen LogP contribution >= 0.6 is 12.2 Å². The van der Waals surface area contributed by atoms with Crippen LogP contribution in [0, 0.1) is 10.7 Å². The van der Waals surface area contributed by atoms with E-state index in [1.807, 2.05) is 20.8 Å². The minimum atomic E-state index is -0.246. The van der Waals surface area contributed by atoms with Gasteiger partial charge in [-0.3, -0.25) is 18.9 Å². The van der Waals surface area contributed by atoms with Crippen LogP contribution in [0.25, 0.3) is 0 Å². The Bertz CT molecular complexity index is 697. The maximum absolute atomic E-state index is 12.6. The maximum atomic E-state index is 12.6. The van der Waals surface area contributed by atoms with Crippen molar-refractivity contribution in [3.8, 4) is 5.88 Å². The molecule has 128 valence electrons. The number of hydrogen-bond acceptors (Lipinski definition) is 4. The predicted octanol–water partition coefficient (Wildman–Crippen LogP) is 3.51. The summed E-state index contributed by atoms with van der Waals surface area (Å²) in [5, 5.41) is 10.5. The number of nitrogens with zero attached hydrogens (tertiary/aromatic N) is 3. The zero-order valence-electron chi connectivity index (χ0n) is 14.3. The molecule has 1 saturated carbocycles. The van der Waals surface area contributed by atoms with Gasteiger partial charge < -0.3 is 5.11 Å². The van der Waals surface area contributed by atoms with Crippen molar-refractivity contribution in [2.75, 3.05) is 6.54 Å². The summed E-state index contributed by atoms with van der Waals surface area (Å²) in [7, 11) is 0. The van der Waals surface area contributed by atoms with Crippen molar-refractivity contribution in [1.82, 2.24) is 9.13 Å². The van der Waals surface area contributed by atoms with Gasteiger partial charge in [-0.1, -0.05) is 19.3 Å². The second-order valence-electron chi connectivity index (χ2n) is 6.20. The molecule has 0 aliphatic heterocycles. The molecular weight excluding hydrogens is 310 g/mol. The summed E-state index contributed by atoms with van der Waals surface area (Å²) in [6, 6.07) is 0. The fourth-order valence-electron chi connectivity index (χ4n) is 3.28. The van der Waals surface area contributed by atoms with Crippen LogP contribution in [0.3, 0.4) is 0 Å². The summed E-state index contributed by atoms with van der Waals surface area (Å²) < 4.78 is 3.48. The molecule has 1 fully saturated rings. The monoisotopic (exact) mass is 337 g/mol. The van der Waals surface area contributed by atoms with E-state index in [9.17, 15) is 9.90 Å². The number of aromatic hydroxyl groups is 1. The molecule has 0 unspecified atom stereocenters. The van der Waals surface area contributed by atoms with Gasteiger partial charge in [0.2, 0.25) is 5.88 Å². The highest BCUT2D eigenvalue weighted by Gasteiger charge is 2.19. The van der Waals surface area contributed by atoms with Crippen molar-refractivity contribution in [2.24, 2.45) is 10.9 Å². The maximum Gasteiger partial charge on any atom is 0.267 e. The molecule has 1 aliphatic rings. The highest BCUT2D eigenvalue weighted by molar-refractivity contribution is 7.71. The van der Waals surface area contributed by atoms with Crippen LogP contribution in [0.2, 0.25) is 0 Å². The van der Waals surface area contributed by atoms with Gasteiger partial charge in [-0.25, -0.2) is 0 Å². The van der Waals surface area contributed by atoms with Crippen LogP contribution in [0.4, 0.5) is 0 Å². The molecule has 1 heterocycles. The van der Waals surface area contributed by atoms with Gasteiger partial charge in [0.1, 0.15) is 5.56 Å². The molecular formula is C17H27N3O2S. The van der Waals surface area contributed by atoms with Crippen LogP contribution in [-0.4, -0.2) is 26.5 Å². The highest BCUT2D eigenvalue weighted by atomic mass is 32.1. The first-order valence-corrected chi connectivity index (χ1v) is 9.00. The average molecular weight is 337 g/mol. The molecule has 0 saturated heterocycles. The molecule has 1 aliphatic carbocycles. The number of rotatable bonds is 5. The van der Waals surface area contributed by atoms with Gasteiger partial charge in [0, 0.05) is 25.3 Å². The molecule has 0 bridgehead atoms. The summed E-state index contributed by atoms with van der Waals surface area (Å²) in [6.45, 7) is 7.33. The molecule has 6 heteroatoms. The smallest absolute Gasteiger partial charge is 0.267 e. The zero-order valence-corrected chi connectivity index (χ0v) is 15.2. The molecule has 2 rings (SSSR count). The molecule has 1 aromatic heterocycles. The predicted molar refractivity (Wildman–Crippen MR) is 96.2 cm³/mol. The number of aliphatic imine (C=N–C) groups is 1. The number of hydrogen-bond donors (Lipinski definition) is 1. The summed E-state index contributed by atoms with van der Waals surface area (Å²) >= 11 is 5.30. The molecule has 5 nitrogen and oxygen atoms in total. The van der Waals surface area contributed by atoms with Crippen LogP contribution in [0.15, 0.2) is 9.79 Å². The van der Waals surface area contributed by atoms with Gasteiger partial charge >= 0.3 is 0 Å². The van der Waals surface area contributed by atoms with E-state index in [1.165, 1.54) is 36.7 Å². The van der Waals surface area contributed by atoms with Crippen molar-refractivity contribution in [2.45, 2.75) is 66.0 Å². The van der Waals surface area contributed by atoms with E-state index in [4.69, 9.17) is 12.2 Å². The Kier molecular flexibility index (Phi) is 6.16. The van der Waals surface area contributed by atoms with Gasteiger partial charge in [-0.05, 0) is 51.7 Å². The first-order valence-electron chi connectivity index (χ1n) is 8.59. The highest BCUT2D eigenvalue weighted by Crippen LogP contribution is 2.24. The van der Waals surface area contributed by atoms with Gasteiger partial charge in [0.25, 0.3) is 5.56 Å². The third kappa shape index (κ3) is 3.74. The Morgan fingerprint density at radius 3 is 2.39 bits per heavy atom. The minimum absolute atomic E-state index is 0.0582. The summed E-state index contributed by atoms with van der Waals surface area (Å²) in [5.74, 6) is 0.544. The lowest BCUT2D eigenvalue weighted by Gasteiger charge is -2.20. The second-order valence-corrected chi connectivity index (χ2v) is 6.57. The Hall–Kier alpha value is -1.43. The van der Waals surface area contributed by atoms with E-state index in [0.29, 0.717) is 29.5 Å². The normalized spacial score (nSPS) is 16.7.